The van der Waals surface area contributed by atoms with Gasteiger partial charge in [-0.25, -0.2) is 22.5 Å². The topological polar surface area (TPSA) is 59.2 Å². The number of benzene rings is 1. The average Bonchev–Trinajstić information content (AvgIpc) is 3.08. The molecular formula is C20H15F4N3O2. The SMILES string of the molecule is C[C@H]1Cc2noc(-c3ccc(F)cn3)c2CN1C(=O)Cc1cc(F)c(F)c(F)c1. The lowest BCUT2D eigenvalue weighted by Gasteiger charge is -2.33. The van der Waals surface area contributed by atoms with Gasteiger partial charge in [0.2, 0.25) is 5.91 Å². The maximum absolute atomic E-state index is 13.4. The molecule has 0 unspecified atom stereocenters. The number of fused-ring (bicyclic) bond motifs is 1. The molecule has 0 spiro atoms. The average molecular weight is 405 g/mol. The summed E-state index contributed by atoms with van der Waals surface area (Å²) in [6.07, 6.45) is 1.18. The maximum Gasteiger partial charge on any atom is 0.227 e. The van der Waals surface area contributed by atoms with Crippen molar-refractivity contribution in [1.82, 2.24) is 15.0 Å². The quantitative estimate of drug-likeness (QED) is 0.491. The molecule has 1 amide bonds. The lowest BCUT2D eigenvalue weighted by Crippen LogP contribution is -2.43. The molecule has 1 aliphatic heterocycles. The molecule has 1 atom stereocenters. The Kier molecular flexibility index (Phi) is 4.81. The summed E-state index contributed by atoms with van der Waals surface area (Å²) in [5, 5.41) is 4.03. The first-order valence-corrected chi connectivity index (χ1v) is 8.85. The van der Waals surface area contributed by atoms with Crippen LogP contribution in [0.2, 0.25) is 0 Å². The zero-order valence-corrected chi connectivity index (χ0v) is 15.3. The molecule has 1 aliphatic rings. The van der Waals surface area contributed by atoms with E-state index in [1.54, 1.807) is 0 Å². The molecule has 150 valence electrons. The van der Waals surface area contributed by atoms with Crippen molar-refractivity contribution in [3.63, 3.8) is 0 Å². The van der Waals surface area contributed by atoms with Gasteiger partial charge < -0.3 is 9.42 Å². The number of hydrogen-bond acceptors (Lipinski definition) is 4. The number of carbonyl (C=O) groups excluding carboxylic acids is 1. The Morgan fingerprint density at radius 3 is 2.59 bits per heavy atom. The first kappa shape index (κ1) is 19.1. The number of rotatable bonds is 3. The van der Waals surface area contributed by atoms with Gasteiger partial charge in [0.05, 0.1) is 24.9 Å². The second kappa shape index (κ2) is 7.31. The van der Waals surface area contributed by atoms with Crippen LogP contribution in [0.3, 0.4) is 0 Å². The van der Waals surface area contributed by atoms with E-state index in [9.17, 15) is 22.4 Å². The standard InChI is InChI=1S/C20H15F4N3O2/c1-10-4-17-13(20(29-26-17)16-3-2-12(21)8-25-16)9-27(10)18(28)7-11-5-14(22)19(24)15(23)6-11/h2-3,5-6,8,10H,4,7,9H2,1H3/t10-/m0/s1. The Balaban J connectivity index is 1.59. The monoisotopic (exact) mass is 405 g/mol. The Bertz CT molecular complexity index is 1060. The highest BCUT2D eigenvalue weighted by Crippen LogP contribution is 2.32. The van der Waals surface area contributed by atoms with Gasteiger partial charge in [-0.2, -0.15) is 0 Å². The third-order valence-corrected chi connectivity index (χ3v) is 4.90. The molecule has 9 heteroatoms. The van der Waals surface area contributed by atoms with Crippen molar-refractivity contribution in [2.75, 3.05) is 0 Å². The molecule has 3 aromatic rings. The van der Waals surface area contributed by atoms with Crippen molar-refractivity contribution < 1.29 is 26.9 Å². The molecular weight excluding hydrogens is 390 g/mol. The van der Waals surface area contributed by atoms with Crippen LogP contribution in [-0.2, 0) is 24.2 Å². The second-order valence-electron chi connectivity index (χ2n) is 6.92. The number of halogens is 4. The van der Waals surface area contributed by atoms with E-state index < -0.39 is 23.3 Å². The highest BCUT2D eigenvalue weighted by atomic mass is 19.2. The number of hydrogen-bond donors (Lipinski definition) is 0. The van der Waals surface area contributed by atoms with Gasteiger partial charge in [0.1, 0.15) is 11.5 Å². The predicted octanol–water partition coefficient (Wildman–Crippen LogP) is 3.81. The number of nitrogens with zero attached hydrogens (tertiary/aromatic N) is 3. The van der Waals surface area contributed by atoms with Crippen molar-refractivity contribution in [2.24, 2.45) is 0 Å². The van der Waals surface area contributed by atoms with Crippen molar-refractivity contribution in [3.05, 3.63) is 70.6 Å². The van der Waals surface area contributed by atoms with E-state index in [2.05, 4.69) is 10.1 Å². The summed E-state index contributed by atoms with van der Waals surface area (Å²) in [5.74, 6) is -4.79. The van der Waals surface area contributed by atoms with E-state index in [0.29, 0.717) is 29.1 Å². The Hall–Kier alpha value is -3.23. The lowest BCUT2D eigenvalue weighted by molar-refractivity contribution is -0.133. The number of carbonyl (C=O) groups is 1. The summed E-state index contributed by atoms with van der Waals surface area (Å²) in [6, 6.07) is 4.07. The molecule has 0 fully saturated rings. The van der Waals surface area contributed by atoms with Crippen molar-refractivity contribution >= 4 is 5.91 Å². The second-order valence-corrected chi connectivity index (χ2v) is 6.92. The van der Waals surface area contributed by atoms with Gasteiger partial charge in [-0.15, -0.1) is 0 Å². The van der Waals surface area contributed by atoms with E-state index >= 15 is 0 Å². The lowest BCUT2D eigenvalue weighted by atomic mass is 9.97. The number of pyridine rings is 1. The van der Waals surface area contributed by atoms with Crippen LogP contribution in [0.15, 0.2) is 35.0 Å². The van der Waals surface area contributed by atoms with Crippen molar-refractivity contribution in [3.8, 4) is 11.5 Å². The molecule has 5 nitrogen and oxygen atoms in total. The first-order chi connectivity index (χ1) is 13.8. The first-order valence-electron chi connectivity index (χ1n) is 8.85. The van der Waals surface area contributed by atoms with Gasteiger partial charge in [0.15, 0.2) is 23.2 Å². The molecule has 4 rings (SSSR count). The third kappa shape index (κ3) is 3.59. The van der Waals surface area contributed by atoms with Crippen LogP contribution < -0.4 is 0 Å². The van der Waals surface area contributed by atoms with E-state index in [-0.39, 0.29) is 30.5 Å². The zero-order chi connectivity index (χ0) is 20.7. The summed E-state index contributed by atoms with van der Waals surface area (Å²) >= 11 is 0. The smallest absolute Gasteiger partial charge is 0.227 e. The Labute approximate surface area is 162 Å². The van der Waals surface area contributed by atoms with Crippen LogP contribution in [0, 0.1) is 23.3 Å². The fraction of sp³-hybridized carbons (Fsp3) is 0.250. The molecule has 3 heterocycles. The molecule has 29 heavy (non-hydrogen) atoms. The Morgan fingerprint density at radius 1 is 1.21 bits per heavy atom. The minimum absolute atomic E-state index is 0.0372. The zero-order valence-electron chi connectivity index (χ0n) is 15.3. The molecule has 0 saturated carbocycles. The fourth-order valence-electron chi connectivity index (χ4n) is 3.41. The summed E-state index contributed by atoms with van der Waals surface area (Å²) in [7, 11) is 0. The molecule has 0 N–H and O–H groups in total. The molecule has 2 aromatic heterocycles. The van der Waals surface area contributed by atoms with Gasteiger partial charge in [0, 0.05) is 18.0 Å². The number of aromatic nitrogens is 2. The van der Waals surface area contributed by atoms with Gasteiger partial charge in [-0.3, -0.25) is 4.79 Å². The van der Waals surface area contributed by atoms with Crippen LogP contribution in [-0.4, -0.2) is 27.0 Å². The predicted molar refractivity (Wildman–Crippen MR) is 93.4 cm³/mol. The largest absolute Gasteiger partial charge is 0.354 e. The van der Waals surface area contributed by atoms with Crippen molar-refractivity contribution in [1.29, 1.82) is 0 Å². The summed E-state index contributed by atoms with van der Waals surface area (Å²) in [5.41, 5.74) is 1.73. The highest BCUT2D eigenvalue weighted by Gasteiger charge is 2.32. The van der Waals surface area contributed by atoms with E-state index in [4.69, 9.17) is 4.52 Å². The molecule has 0 aliphatic carbocycles. The van der Waals surface area contributed by atoms with E-state index in [0.717, 1.165) is 18.3 Å². The van der Waals surface area contributed by atoms with Gasteiger partial charge in [-0.1, -0.05) is 5.16 Å². The van der Waals surface area contributed by atoms with Gasteiger partial charge >= 0.3 is 0 Å². The maximum atomic E-state index is 13.4. The number of amides is 1. The molecule has 0 radical (unpaired) electrons. The summed E-state index contributed by atoms with van der Waals surface area (Å²) < 4.78 is 58.5. The fourth-order valence-corrected chi connectivity index (χ4v) is 3.41. The van der Waals surface area contributed by atoms with Crippen LogP contribution in [0.4, 0.5) is 17.6 Å². The van der Waals surface area contributed by atoms with Gasteiger partial charge in [0.25, 0.3) is 0 Å². The van der Waals surface area contributed by atoms with Crippen molar-refractivity contribution in [2.45, 2.75) is 32.4 Å². The highest BCUT2D eigenvalue weighted by molar-refractivity contribution is 5.79. The minimum atomic E-state index is -1.57. The molecule has 0 bridgehead atoms. The summed E-state index contributed by atoms with van der Waals surface area (Å²) in [4.78, 5) is 18.3. The summed E-state index contributed by atoms with van der Waals surface area (Å²) in [6.45, 7) is 1.97. The van der Waals surface area contributed by atoms with E-state index in [1.807, 2.05) is 6.92 Å². The van der Waals surface area contributed by atoms with Gasteiger partial charge in [-0.05, 0) is 36.8 Å². The van der Waals surface area contributed by atoms with Crippen LogP contribution >= 0.6 is 0 Å². The van der Waals surface area contributed by atoms with Crippen LogP contribution in [0.25, 0.3) is 11.5 Å². The third-order valence-electron chi connectivity index (χ3n) is 4.90. The normalized spacial score (nSPS) is 16.0. The van der Waals surface area contributed by atoms with Crippen LogP contribution in [0.5, 0.6) is 0 Å². The minimum Gasteiger partial charge on any atom is -0.354 e. The van der Waals surface area contributed by atoms with E-state index in [1.165, 1.54) is 17.0 Å². The molecule has 1 aromatic carbocycles. The Morgan fingerprint density at radius 2 is 1.93 bits per heavy atom. The van der Waals surface area contributed by atoms with Crippen LogP contribution in [0.1, 0.15) is 23.7 Å². The molecule has 0 saturated heterocycles.